The second-order valence-corrected chi connectivity index (χ2v) is 5.25. The molecule has 0 amide bonds. The largest absolute Gasteiger partial charge is 0.493 e. The molecule has 5 heteroatoms. The molecule has 4 nitrogen and oxygen atoms in total. The van der Waals surface area contributed by atoms with E-state index < -0.39 is 0 Å². The van der Waals surface area contributed by atoms with Crippen molar-refractivity contribution in [3.8, 4) is 11.5 Å². The van der Waals surface area contributed by atoms with Crippen molar-refractivity contribution < 1.29 is 9.47 Å². The zero-order chi connectivity index (χ0) is 14.4. The number of rotatable bonds is 5. The molecule has 0 unspecified atom stereocenters. The highest BCUT2D eigenvalue weighted by Crippen LogP contribution is 2.34. The number of nitrogens with zero attached hydrogens (tertiary/aromatic N) is 1. The van der Waals surface area contributed by atoms with Crippen molar-refractivity contribution in [2.24, 2.45) is 10.9 Å². The van der Waals surface area contributed by atoms with Gasteiger partial charge in [0.1, 0.15) is 6.61 Å². The highest BCUT2D eigenvalue weighted by molar-refractivity contribution is 14.1. The number of halogens is 1. The fourth-order valence-corrected chi connectivity index (χ4v) is 2.55. The number of methoxy groups -OCH3 is 1. The first-order valence-corrected chi connectivity index (χ1v) is 7.10. The predicted molar refractivity (Wildman–Crippen MR) is 88.3 cm³/mol. The van der Waals surface area contributed by atoms with Crippen molar-refractivity contribution in [2.75, 3.05) is 7.11 Å². The van der Waals surface area contributed by atoms with Gasteiger partial charge in [-0.2, -0.15) is 5.10 Å². The molecule has 0 heterocycles. The molecule has 104 valence electrons. The van der Waals surface area contributed by atoms with Gasteiger partial charge in [-0.1, -0.05) is 30.3 Å². The second-order valence-electron chi connectivity index (χ2n) is 4.09. The van der Waals surface area contributed by atoms with Gasteiger partial charge in [0, 0.05) is 0 Å². The van der Waals surface area contributed by atoms with E-state index in [1.165, 1.54) is 0 Å². The van der Waals surface area contributed by atoms with Gasteiger partial charge in [-0.15, -0.1) is 0 Å². The van der Waals surface area contributed by atoms with Gasteiger partial charge >= 0.3 is 0 Å². The van der Waals surface area contributed by atoms with Gasteiger partial charge in [0.2, 0.25) is 0 Å². The molecule has 0 aliphatic heterocycles. The summed E-state index contributed by atoms with van der Waals surface area (Å²) in [5.41, 5.74) is 1.98. The predicted octanol–water partition coefficient (Wildman–Crippen LogP) is 3.17. The Hall–Kier alpha value is -1.76. The third-order valence-corrected chi connectivity index (χ3v) is 3.50. The molecule has 2 aromatic carbocycles. The molecule has 2 aromatic rings. The molecule has 0 atom stereocenters. The van der Waals surface area contributed by atoms with Gasteiger partial charge in [0.05, 0.1) is 16.9 Å². The van der Waals surface area contributed by atoms with Gasteiger partial charge in [-0.25, -0.2) is 0 Å². The summed E-state index contributed by atoms with van der Waals surface area (Å²) in [4.78, 5) is 0. The minimum atomic E-state index is 0.498. The van der Waals surface area contributed by atoms with E-state index >= 15 is 0 Å². The van der Waals surface area contributed by atoms with E-state index in [-0.39, 0.29) is 0 Å². The van der Waals surface area contributed by atoms with Crippen molar-refractivity contribution in [1.29, 1.82) is 0 Å². The summed E-state index contributed by atoms with van der Waals surface area (Å²) in [6.07, 6.45) is 1.58. The van der Waals surface area contributed by atoms with Crippen LogP contribution in [0.3, 0.4) is 0 Å². The highest BCUT2D eigenvalue weighted by atomic mass is 127. The smallest absolute Gasteiger partial charge is 0.174 e. The lowest BCUT2D eigenvalue weighted by molar-refractivity contribution is 0.282. The van der Waals surface area contributed by atoms with Crippen LogP contribution in [0.1, 0.15) is 11.1 Å². The Bertz CT molecular complexity index is 600. The Balaban J connectivity index is 2.22. The summed E-state index contributed by atoms with van der Waals surface area (Å²) in [6.45, 7) is 0.498. The van der Waals surface area contributed by atoms with E-state index in [9.17, 15) is 0 Å². The molecule has 20 heavy (non-hydrogen) atoms. The van der Waals surface area contributed by atoms with Crippen LogP contribution in [0.5, 0.6) is 11.5 Å². The van der Waals surface area contributed by atoms with Crippen molar-refractivity contribution in [3.63, 3.8) is 0 Å². The summed E-state index contributed by atoms with van der Waals surface area (Å²) >= 11 is 2.21. The maximum atomic E-state index is 5.87. The minimum Gasteiger partial charge on any atom is -0.493 e. The van der Waals surface area contributed by atoms with Crippen LogP contribution in [0.4, 0.5) is 0 Å². The van der Waals surface area contributed by atoms with Crippen LogP contribution < -0.4 is 15.3 Å². The minimum absolute atomic E-state index is 0.498. The number of hydrogen-bond acceptors (Lipinski definition) is 4. The molecule has 0 bridgehead atoms. The van der Waals surface area contributed by atoms with Crippen molar-refractivity contribution in [3.05, 3.63) is 57.2 Å². The van der Waals surface area contributed by atoms with Crippen molar-refractivity contribution in [2.45, 2.75) is 6.61 Å². The number of ether oxygens (including phenoxy) is 2. The van der Waals surface area contributed by atoms with E-state index in [1.807, 2.05) is 42.5 Å². The summed E-state index contributed by atoms with van der Waals surface area (Å²) in [5, 5.41) is 3.52. The summed E-state index contributed by atoms with van der Waals surface area (Å²) < 4.78 is 12.2. The fraction of sp³-hybridized carbons (Fsp3) is 0.133. The van der Waals surface area contributed by atoms with Crippen LogP contribution >= 0.6 is 22.6 Å². The Morgan fingerprint density at radius 3 is 2.65 bits per heavy atom. The van der Waals surface area contributed by atoms with Gasteiger partial charge in [-0.05, 0) is 45.9 Å². The molecule has 0 saturated carbocycles. The number of benzene rings is 2. The zero-order valence-corrected chi connectivity index (χ0v) is 13.2. The third kappa shape index (κ3) is 3.63. The molecule has 0 fully saturated rings. The molecular weight excluding hydrogens is 367 g/mol. The molecule has 0 saturated heterocycles. The molecule has 0 aliphatic rings. The first-order chi connectivity index (χ1) is 9.74. The Labute approximate surface area is 131 Å². The quantitative estimate of drug-likeness (QED) is 0.374. The van der Waals surface area contributed by atoms with E-state index in [2.05, 4.69) is 27.7 Å². The molecule has 0 aromatic heterocycles. The number of nitrogens with two attached hydrogens (primary N) is 1. The van der Waals surface area contributed by atoms with Crippen LogP contribution in [-0.2, 0) is 6.61 Å². The molecule has 0 spiro atoms. The molecule has 2 rings (SSSR count). The maximum absolute atomic E-state index is 5.87. The summed E-state index contributed by atoms with van der Waals surface area (Å²) in [6, 6.07) is 13.8. The van der Waals surface area contributed by atoms with Crippen molar-refractivity contribution >= 4 is 28.8 Å². The highest BCUT2D eigenvalue weighted by Gasteiger charge is 2.11. The van der Waals surface area contributed by atoms with Crippen LogP contribution in [-0.4, -0.2) is 13.3 Å². The molecule has 0 radical (unpaired) electrons. The Morgan fingerprint density at radius 1 is 1.25 bits per heavy atom. The van der Waals surface area contributed by atoms with Crippen molar-refractivity contribution in [1.82, 2.24) is 0 Å². The zero-order valence-electron chi connectivity index (χ0n) is 11.0. The van der Waals surface area contributed by atoms with E-state index in [0.717, 1.165) is 20.4 Å². The Kier molecular flexibility index (Phi) is 5.23. The van der Waals surface area contributed by atoms with Gasteiger partial charge in [0.15, 0.2) is 11.5 Å². The standard InChI is InChI=1S/C15H15IN2O2/c1-19-14-8-12(9-18-17)7-13(16)15(14)20-10-11-5-3-2-4-6-11/h2-9H,10,17H2,1H3. The van der Waals surface area contributed by atoms with Crippen LogP contribution in [0.15, 0.2) is 47.6 Å². The van der Waals surface area contributed by atoms with Crippen LogP contribution in [0.2, 0.25) is 0 Å². The molecule has 2 N–H and O–H groups in total. The SMILES string of the molecule is COc1cc(C=NN)cc(I)c1OCc1ccccc1. The van der Waals surface area contributed by atoms with Crippen LogP contribution in [0.25, 0.3) is 0 Å². The first-order valence-electron chi connectivity index (χ1n) is 6.02. The average Bonchev–Trinajstić information content (AvgIpc) is 2.47. The van der Waals surface area contributed by atoms with Gasteiger partial charge in [0.25, 0.3) is 0 Å². The van der Waals surface area contributed by atoms with Gasteiger partial charge < -0.3 is 15.3 Å². The lowest BCUT2D eigenvalue weighted by Crippen LogP contribution is -2.01. The van der Waals surface area contributed by atoms with E-state index in [0.29, 0.717) is 12.4 Å². The first kappa shape index (κ1) is 14.6. The maximum Gasteiger partial charge on any atom is 0.174 e. The Morgan fingerprint density at radius 2 is 2.00 bits per heavy atom. The lowest BCUT2D eigenvalue weighted by Gasteiger charge is -2.13. The molecule has 0 aliphatic carbocycles. The second kappa shape index (κ2) is 7.14. The van der Waals surface area contributed by atoms with E-state index in [1.54, 1.807) is 13.3 Å². The number of hydrogen-bond donors (Lipinski definition) is 1. The normalized spacial score (nSPS) is 10.7. The van der Waals surface area contributed by atoms with Gasteiger partial charge in [-0.3, -0.25) is 0 Å². The van der Waals surface area contributed by atoms with E-state index in [4.69, 9.17) is 15.3 Å². The third-order valence-electron chi connectivity index (χ3n) is 2.70. The summed E-state index contributed by atoms with van der Waals surface area (Å²) in [7, 11) is 1.62. The lowest BCUT2D eigenvalue weighted by atomic mass is 10.2. The fourth-order valence-electron chi connectivity index (χ4n) is 1.77. The molecular formula is C15H15IN2O2. The topological polar surface area (TPSA) is 56.8 Å². The number of hydrazone groups is 1. The average molecular weight is 382 g/mol. The monoisotopic (exact) mass is 382 g/mol. The summed E-state index contributed by atoms with van der Waals surface area (Å²) in [5.74, 6) is 6.57. The van der Waals surface area contributed by atoms with Crippen LogP contribution in [0, 0.1) is 3.57 Å².